The van der Waals surface area contributed by atoms with Crippen molar-refractivity contribution >= 4 is 34.3 Å². The maximum atomic E-state index is 12.5. The normalized spacial score (nSPS) is 14.9. The smallest absolute Gasteiger partial charge is 0.246 e. The van der Waals surface area contributed by atoms with Crippen LogP contribution in [0.3, 0.4) is 0 Å². The monoisotopic (exact) mass is 420 g/mol. The molecule has 7 nitrogen and oxygen atoms in total. The zero-order chi connectivity index (χ0) is 20.9. The van der Waals surface area contributed by atoms with Gasteiger partial charge in [0, 0.05) is 54.7 Å². The summed E-state index contributed by atoms with van der Waals surface area (Å²) >= 11 is 1.62. The summed E-state index contributed by atoms with van der Waals surface area (Å²) in [6, 6.07) is 3.79. The summed E-state index contributed by atoms with van der Waals surface area (Å²) in [4.78, 5) is 33.3. The molecule has 154 valence electrons. The van der Waals surface area contributed by atoms with E-state index in [0.29, 0.717) is 13.1 Å². The number of nitrogens with zero attached hydrogens (tertiary/aromatic N) is 5. The lowest BCUT2D eigenvalue weighted by atomic mass is 9.93. The number of amides is 1. The van der Waals surface area contributed by atoms with E-state index in [1.807, 2.05) is 30.0 Å². The van der Waals surface area contributed by atoms with Gasteiger partial charge in [0.25, 0.3) is 0 Å². The van der Waals surface area contributed by atoms with Crippen molar-refractivity contribution < 1.29 is 4.79 Å². The van der Waals surface area contributed by atoms with Crippen LogP contribution in [0.5, 0.6) is 0 Å². The fraction of sp³-hybridized carbons (Fsp3) is 0.318. The summed E-state index contributed by atoms with van der Waals surface area (Å²) in [6.07, 6.45) is 12.0. The number of rotatable bonds is 5. The second-order valence-corrected chi connectivity index (χ2v) is 8.50. The van der Waals surface area contributed by atoms with Gasteiger partial charge < -0.3 is 10.2 Å². The molecule has 30 heavy (non-hydrogen) atoms. The van der Waals surface area contributed by atoms with Gasteiger partial charge in [0.15, 0.2) is 10.9 Å². The third-order valence-corrected chi connectivity index (χ3v) is 6.26. The van der Waals surface area contributed by atoms with Gasteiger partial charge in [-0.3, -0.25) is 14.8 Å². The summed E-state index contributed by atoms with van der Waals surface area (Å²) in [7, 11) is 0. The Balaban J connectivity index is 1.39. The van der Waals surface area contributed by atoms with Crippen molar-refractivity contribution in [2.75, 3.05) is 18.4 Å². The third kappa shape index (κ3) is 4.71. The highest BCUT2D eigenvalue weighted by molar-refractivity contribution is 7.15. The van der Waals surface area contributed by atoms with Crippen LogP contribution in [-0.4, -0.2) is 43.8 Å². The maximum Gasteiger partial charge on any atom is 0.246 e. The van der Waals surface area contributed by atoms with Crippen molar-refractivity contribution in [2.45, 2.75) is 32.6 Å². The number of anilines is 2. The van der Waals surface area contributed by atoms with E-state index in [9.17, 15) is 4.79 Å². The lowest BCUT2D eigenvalue weighted by Crippen LogP contribution is -2.37. The van der Waals surface area contributed by atoms with Gasteiger partial charge in [0.1, 0.15) is 0 Å². The summed E-state index contributed by atoms with van der Waals surface area (Å²) in [5, 5.41) is 4.17. The summed E-state index contributed by atoms with van der Waals surface area (Å²) < 4.78 is 0. The Morgan fingerprint density at radius 3 is 2.70 bits per heavy atom. The minimum atomic E-state index is 0.0310. The van der Waals surface area contributed by atoms with Crippen molar-refractivity contribution in [2.24, 2.45) is 0 Å². The van der Waals surface area contributed by atoms with Crippen LogP contribution in [0, 0.1) is 13.8 Å². The van der Waals surface area contributed by atoms with Gasteiger partial charge in [0.05, 0.1) is 11.4 Å². The fourth-order valence-electron chi connectivity index (χ4n) is 3.49. The molecule has 0 aromatic carbocycles. The molecular formula is C22H24N6OS. The lowest BCUT2D eigenvalue weighted by Gasteiger charge is -2.31. The van der Waals surface area contributed by atoms with Gasteiger partial charge in [0.2, 0.25) is 5.91 Å². The number of pyridine rings is 1. The number of likely N-dealkylation sites (tertiary alicyclic amines) is 1. The molecule has 8 heteroatoms. The number of aromatic nitrogens is 4. The Hall–Kier alpha value is -3.13. The van der Waals surface area contributed by atoms with Crippen LogP contribution >= 0.6 is 11.3 Å². The van der Waals surface area contributed by atoms with Crippen molar-refractivity contribution in [1.29, 1.82) is 0 Å². The number of aryl methyl sites for hydroxylation is 2. The first-order chi connectivity index (χ1) is 14.6. The molecule has 3 aromatic rings. The van der Waals surface area contributed by atoms with E-state index < -0.39 is 0 Å². The number of hydrogen-bond donors (Lipinski definition) is 1. The van der Waals surface area contributed by atoms with Crippen LogP contribution in [0.2, 0.25) is 0 Å². The number of carbonyl (C=O) groups excluding carboxylic acids is 1. The number of piperidine rings is 1. The molecule has 0 bridgehead atoms. The predicted molar refractivity (Wildman–Crippen MR) is 119 cm³/mol. The van der Waals surface area contributed by atoms with Gasteiger partial charge in [-0.25, -0.2) is 9.97 Å². The molecule has 4 heterocycles. The molecule has 3 aromatic heterocycles. The van der Waals surface area contributed by atoms with Crippen LogP contribution in [-0.2, 0) is 4.79 Å². The van der Waals surface area contributed by atoms with E-state index in [-0.39, 0.29) is 11.8 Å². The van der Waals surface area contributed by atoms with Crippen molar-refractivity contribution in [1.82, 2.24) is 24.8 Å². The summed E-state index contributed by atoms with van der Waals surface area (Å²) in [5.74, 6) is 1.05. The Labute approximate surface area is 179 Å². The molecule has 1 N–H and O–H groups in total. The molecular weight excluding hydrogens is 396 g/mol. The van der Waals surface area contributed by atoms with E-state index in [0.717, 1.165) is 40.7 Å². The van der Waals surface area contributed by atoms with Gasteiger partial charge in [-0.05, 0) is 44.4 Å². The summed E-state index contributed by atoms with van der Waals surface area (Å²) in [5.41, 5.74) is 2.89. The Kier molecular flexibility index (Phi) is 6.13. The molecule has 0 saturated carbocycles. The average molecular weight is 421 g/mol. The quantitative estimate of drug-likeness (QED) is 0.626. The van der Waals surface area contributed by atoms with Crippen LogP contribution in [0.4, 0.5) is 10.9 Å². The predicted octanol–water partition coefficient (Wildman–Crippen LogP) is 4.11. The molecule has 0 spiro atoms. The Morgan fingerprint density at radius 2 is 2.00 bits per heavy atom. The van der Waals surface area contributed by atoms with Gasteiger partial charge in [-0.2, -0.15) is 0 Å². The molecule has 1 amide bonds. The van der Waals surface area contributed by atoms with Gasteiger partial charge in [-0.1, -0.05) is 6.07 Å². The molecule has 0 unspecified atom stereocenters. The minimum absolute atomic E-state index is 0.0310. The molecule has 0 aliphatic carbocycles. The second kappa shape index (κ2) is 9.13. The molecule has 1 saturated heterocycles. The van der Waals surface area contributed by atoms with Crippen molar-refractivity contribution in [3.63, 3.8) is 0 Å². The first-order valence-corrected chi connectivity index (χ1v) is 10.8. The number of carbonyl (C=O) groups is 1. The largest absolute Gasteiger partial charge is 0.339 e. The minimum Gasteiger partial charge on any atom is -0.339 e. The van der Waals surface area contributed by atoms with Crippen molar-refractivity contribution in [3.05, 3.63) is 64.8 Å². The summed E-state index contributed by atoms with van der Waals surface area (Å²) in [6.45, 7) is 5.47. The zero-order valence-electron chi connectivity index (χ0n) is 17.1. The Bertz CT molecular complexity index is 1020. The lowest BCUT2D eigenvalue weighted by molar-refractivity contribution is -0.126. The molecule has 0 atom stereocenters. The molecule has 1 fully saturated rings. The first-order valence-electron chi connectivity index (χ1n) is 9.99. The SMILES string of the molecule is Cc1nc(Nc2nccnc2C2CCN(C(=O)/C=C/c3cccnc3)CC2)sc1C. The topological polar surface area (TPSA) is 83.9 Å². The maximum absolute atomic E-state index is 12.5. The third-order valence-electron chi connectivity index (χ3n) is 5.28. The Morgan fingerprint density at radius 1 is 1.20 bits per heavy atom. The van der Waals surface area contributed by atoms with E-state index in [1.54, 1.807) is 42.2 Å². The molecule has 0 radical (unpaired) electrons. The van der Waals surface area contributed by atoms with Gasteiger partial charge >= 0.3 is 0 Å². The number of nitrogens with one attached hydrogen (secondary N) is 1. The highest BCUT2D eigenvalue weighted by Crippen LogP contribution is 2.33. The van der Waals surface area contributed by atoms with E-state index in [4.69, 9.17) is 0 Å². The van der Waals surface area contributed by atoms with Crippen LogP contribution in [0.1, 0.15) is 40.6 Å². The van der Waals surface area contributed by atoms with Crippen LogP contribution < -0.4 is 5.32 Å². The molecule has 4 rings (SSSR count). The second-order valence-electron chi connectivity index (χ2n) is 7.30. The van der Waals surface area contributed by atoms with E-state index in [1.165, 1.54) is 4.88 Å². The van der Waals surface area contributed by atoms with Crippen LogP contribution in [0.25, 0.3) is 6.08 Å². The number of thiazole rings is 1. The van der Waals surface area contributed by atoms with E-state index >= 15 is 0 Å². The molecule has 1 aliphatic heterocycles. The highest BCUT2D eigenvalue weighted by atomic mass is 32.1. The zero-order valence-corrected chi connectivity index (χ0v) is 17.9. The van der Waals surface area contributed by atoms with E-state index in [2.05, 4.69) is 32.2 Å². The van der Waals surface area contributed by atoms with Crippen LogP contribution in [0.15, 0.2) is 43.0 Å². The standard InChI is InChI=1S/C22H24N6OS/c1-15-16(2)30-22(26-15)27-21-20(24-10-11-25-21)18-7-12-28(13-8-18)19(29)6-5-17-4-3-9-23-14-17/h3-6,9-11,14,18H,7-8,12-13H2,1-2H3,(H,25,26,27)/b6-5+. The van der Waals surface area contributed by atoms with Gasteiger partial charge in [-0.15, -0.1) is 11.3 Å². The van der Waals surface area contributed by atoms with Crippen molar-refractivity contribution in [3.8, 4) is 0 Å². The fourth-order valence-corrected chi connectivity index (χ4v) is 4.31. The highest BCUT2D eigenvalue weighted by Gasteiger charge is 2.26. The molecule has 1 aliphatic rings. The first kappa shape index (κ1) is 20.2. The number of hydrogen-bond acceptors (Lipinski definition) is 7. The average Bonchev–Trinajstić information content (AvgIpc) is 3.10.